The van der Waals surface area contributed by atoms with Crippen LogP contribution >= 0.6 is 0 Å². The van der Waals surface area contributed by atoms with Gasteiger partial charge in [0.1, 0.15) is 11.6 Å². The number of alkyl halides is 2. The van der Waals surface area contributed by atoms with Crippen LogP contribution in [0, 0.1) is 41.0 Å². The summed E-state index contributed by atoms with van der Waals surface area (Å²) in [5.41, 5.74) is 1.47. The molecule has 2 aliphatic carbocycles. The highest BCUT2D eigenvalue weighted by molar-refractivity contribution is 5.30. The number of benzene rings is 2. The van der Waals surface area contributed by atoms with E-state index in [1.165, 1.54) is 0 Å². The molecular weight excluding hydrogens is 586 g/mol. The molecule has 1 aliphatic heterocycles. The number of hydrogen-bond donors (Lipinski definition) is 0. The van der Waals surface area contributed by atoms with Crippen molar-refractivity contribution in [2.75, 3.05) is 26.4 Å². The zero-order valence-electron chi connectivity index (χ0n) is 25.2. The Labute approximate surface area is 255 Å². The zero-order chi connectivity index (χ0) is 31.3. The summed E-state index contributed by atoms with van der Waals surface area (Å²) in [4.78, 5) is 0. The fourth-order valence-corrected chi connectivity index (χ4v) is 6.85. The van der Waals surface area contributed by atoms with Crippen LogP contribution in [0.5, 0.6) is 5.75 Å². The van der Waals surface area contributed by atoms with Crippen LogP contribution < -0.4 is 4.74 Å². The van der Waals surface area contributed by atoms with Crippen molar-refractivity contribution in [2.24, 2.45) is 17.8 Å². The molecule has 0 radical (unpaired) electrons. The van der Waals surface area contributed by atoms with Crippen molar-refractivity contribution < 1.29 is 45.3 Å². The Morgan fingerprint density at radius 2 is 1.43 bits per heavy atom. The van der Waals surface area contributed by atoms with E-state index in [2.05, 4.69) is 11.7 Å². The SMILES string of the molecule is CCCCOCC1COC(C2CCC(c3ccc(C4CCC(C(F)(F)Oc5cc(F)c(F)c(F)c5)CC4)c(F)c3)CC2)OC1. The first-order valence-electron chi connectivity index (χ1n) is 16.0. The molecule has 0 unspecified atom stereocenters. The zero-order valence-corrected chi connectivity index (χ0v) is 25.2. The van der Waals surface area contributed by atoms with Crippen LogP contribution in [0.3, 0.4) is 0 Å². The van der Waals surface area contributed by atoms with Crippen LogP contribution in [0.1, 0.15) is 94.1 Å². The first kappa shape index (κ1) is 33.1. The lowest BCUT2D eigenvalue weighted by atomic mass is 9.76. The summed E-state index contributed by atoms with van der Waals surface area (Å²) in [7, 11) is 0. The van der Waals surface area contributed by atoms with Crippen molar-refractivity contribution in [1.82, 2.24) is 0 Å². The second-order valence-electron chi connectivity index (χ2n) is 12.6. The van der Waals surface area contributed by atoms with E-state index in [0.29, 0.717) is 56.3 Å². The van der Waals surface area contributed by atoms with Gasteiger partial charge in [0.05, 0.1) is 25.7 Å². The van der Waals surface area contributed by atoms with Crippen LogP contribution in [0.4, 0.5) is 26.3 Å². The van der Waals surface area contributed by atoms with E-state index >= 15 is 4.39 Å². The van der Waals surface area contributed by atoms with Gasteiger partial charge in [-0.15, -0.1) is 0 Å². The summed E-state index contributed by atoms with van der Waals surface area (Å²) in [5, 5.41) is 0. The summed E-state index contributed by atoms with van der Waals surface area (Å²) < 4.78 is 107. The van der Waals surface area contributed by atoms with Gasteiger partial charge in [-0.3, -0.25) is 0 Å². The third kappa shape index (κ3) is 8.10. The molecule has 5 rings (SSSR count). The summed E-state index contributed by atoms with van der Waals surface area (Å²) in [6, 6.07) is 6.15. The maximum Gasteiger partial charge on any atom is 0.400 e. The Balaban J connectivity index is 1.08. The van der Waals surface area contributed by atoms with Crippen molar-refractivity contribution >= 4 is 0 Å². The molecule has 0 bridgehead atoms. The fourth-order valence-electron chi connectivity index (χ4n) is 6.85. The lowest BCUT2D eigenvalue weighted by Crippen LogP contribution is -2.39. The third-order valence-electron chi connectivity index (χ3n) is 9.49. The minimum atomic E-state index is -3.71. The third-order valence-corrected chi connectivity index (χ3v) is 9.49. The second-order valence-corrected chi connectivity index (χ2v) is 12.6. The molecule has 44 heavy (non-hydrogen) atoms. The van der Waals surface area contributed by atoms with Gasteiger partial charge in [0.25, 0.3) is 0 Å². The van der Waals surface area contributed by atoms with Crippen molar-refractivity contribution in [3.63, 3.8) is 0 Å². The Morgan fingerprint density at radius 3 is 2.05 bits per heavy atom. The van der Waals surface area contributed by atoms with Crippen LogP contribution in [-0.2, 0) is 14.2 Å². The van der Waals surface area contributed by atoms with Crippen molar-refractivity contribution in [3.8, 4) is 5.75 Å². The Hall–Kier alpha value is -2.30. The van der Waals surface area contributed by atoms with Gasteiger partial charge < -0.3 is 18.9 Å². The van der Waals surface area contributed by atoms with Crippen molar-refractivity contribution in [3.05, 3.63) is 64.7 Å². The minimum absolute atomic E-state index is 0.0486. The Kier molecular flexibility index (Phi) is 11.2. The van der Waals surface area contributed by atoms with Gasteiger partial charge in [0, 0.05) is 30.6 Å². The van der Waals surface area contributed by atoms with Gasteiger partial charge in [-0.25, -0.2) is 17.6 Å². The highest BCUT2D eigenvalue weighted by Crippen LogP contribution is 2.45. The molecular formula is C34H42F6O4. The summed E-state index contributed by atoms with van der Waals surface area (Å²) in [5.74, 6) is -6.65. The molecule has 3 fully saturated rings. The molecule has 2 aromatic carbocycles. The standard InChI is InChI=1S/C34H42F6O4/c1-2-3-14-41-18-21-19-42-33(43-20-21)24-6-4-22(5-7-24)25-10-13-28(29(35)15-25)23-8-11-26(12-9-23)34(39,40)44-27-16-30(36)32(38)31(37)17-27/h10,13,15-17,21-24,26,33H,2-9,11-12,14,18-20H2,1H3. The predicted molar refractivity (Wildman–Crippen MR) is 153 cm³/mol. The molecule has 0 aromatic heterocycles. The highest BCUT2D eigenvalue weighted by atomic mass is 19.3. The molecule has 1 heterocycles. The maximum absolute atomic E-state index is 15.3. The van der Waals surface area contributed by atoms with Crippen molar-refractivity contribution in [2.45, 2.75) is 95.4 Å². The molecule has 0 atom stereocenters. The lowest BCUT2D eigenvalue weighted by Gasteiger charge is -2.37. The van der Waals surface area contributed by atoms with Gasteiger partial charge in [0.2, 0.25) is 0 Å². The van der Waals surface area contributed by atoms with Gasteiger partial charge in [-0.05, 0) is 86.8 Å². The molecule has 2 saturated carbocycles. The Morgan fingerprint density at radius 1 is 0.795 bits per heavy atom. The quantitative estimate of drug-likeness (QED) is 0.141. The summed E-state index contributed by atoms with van der Waals surface area (Å²) in [6.07, 6.45) is 2.71. The second kappa shape index (κ2) is 14.9. The largest absolute Gasteiger partial charge is 0.432 e. The molecule has 0 N–H and O–H groups in total. The molecule has 1 saturated heterocycles. The van der Waals surface area contributed by atoms with E-state index in [1.54, 1.807) is 12.1 Å². The normalized spacial score (nSPS) is 28.2. The van der Waals surface area contributed by atoms with Gasteiger partial charge in [-0.2, -0.15) is 8.78 Å². The average Bonchev–Trinajstić information content (AvgIpc) is 3.02. The van der Waals surface area contributed by atoms with E-state index in [9.17, 15) is 22.0 Å². The summed E-state index contributed by atoms with van der Waals surface area (Å²) in [6.45, 7) is 4.85. The molecule has 0 amide bonds. The van der Waals surface area contributed by atoms with Crippen LogP contribution in [0.2, 0.25) is 0 Å². The van der Waals surface area contributed by atoms with Crippen LogP contribution in [0.15, 0.2) is 30.3 Å². The molecule has 0 spiro atoms. The maximum atomic E-state index is 15.3. The number of hydrogen-bond acceptors (Lipinski definition) is 4. The summed E-state index contributed by atoms with van der Waals surface area (Å²) >= 11 is 0. The molecule has 3 aliphatic rings. The van der Waals surface area contributed by atoms with Gasteiger partial charge >= 0.3 is 6.11 Å². The molecule has 244 valence electrons. The van der Waals surface area contributed by atoms with E-state index in [1.807, 2.05) is 6.07 Å². The van der Waals surface area contributed by atoms with Gasteiger partial charge in [-0.1, -0.05) is 25.5 Å². The highest BCUT2D eigenvalue weighted by Gasteiger charge is 2.44. The minimum Gasteiger partial charge on any atom is -0.432 e. The monoisotopic (exact) mass is 628 g/mol. The average molecular weight is 629 g/mol. The predicted octanol–water partition coefficient (Wildman–Crippen LogP) is 9.27. The van der Waals surface area contributed by atoms with E-state index in [-0.39, 0.29) is 42.7 Å². The molecule has 2 aromatic rings. The molecule has 10 heteroatoms. The van der Waals surface area contributed by atoms with Crippen LogP contribution in [0.25, 0.3) is 0 Å². The topological polar surface area (TPSA) is 36.9 Å². The first-order valence-corrected chi connectivity index (χ1v) is 16.0. The van der Waals surface area contributed by atoms with Crippen LogP contribution in [-0.4, -0.2) is 38.8 Å². The smallest absolute Gasteiger partial charge is 0.400 e. The Bertz CT molecular complexity index is 1200. The fraction of sp³-hybridized carbons (Fsp3) is 0.647. The number of ether oxygens (including phenoxy) is 4. The number of unbranched alkanes of at least 4 members (excludes halogenated alkanes) is 1. The number of rotatable bonds is 11. The van der Waals surface area contributed by atoms with E-state index in [0.717, 1.165) is 50.7 Å². The number of halogens is 6. The molecule has 4 nitrogen and oxygen atoms in total. The van der Waals surface area contributed by atoms with Gasteiger partial charge in [0.15, 0.2) is 23.7 Å². The first-order chi connectivity index (χ1) is 21.1. The van der Waals surface area contributed by atoms with E-state index < -0.39 is 35.2 Å². The van der Waals surface area contributed by atoms with E-state index in [4.69, 9.17) is 14.2 Å². The lowest BCUT2D eigenvalue weighted by molar-refractivity contribution is -0.234. The van der Waals surface area contributed by atoms with Crippen molar-refractivity contribution in [1.29, 1.82) is 0 Å².